The van der Waals surface area contributed by atoms with E-state index < -0.39 is 13.7 Å². The fraction of sp³-hybridized carbons (Fsp3) is 0.500. The largest absolute Gasteiger partial charge is 0.388 e. The van der Waals surface area contributed by atoms with Crippen molar-refractivity contribution in [2.75, 3.05) is 19.4 Å². The van der Waals surface area contributed by atoms with Crippen LogP contribution in [0.15, 0.2) is 28.7 Å². The van der Waals surface area contributed by atoms with Crippen molar-refractivity contribution in [2.24, 2.45) is 0 Å². The van der Waals surface area contributed by atoms with Crippen LogP contribution in [-0.2, 0) is 13.6 Å². The third-order valence-electron chi connectivity index (χ3n) is 2.30. The molecule has 0 bridgehead atoms. The van der Waals surface area contributed by atoms with E-state index in [1.165, 1.54) is 0 Å². The van der Waals surface area contributed by atoms with Crippen LogP contribution in [0.25, 0.3) is 0 Å². The second kappa shape index (κ2) is 7.41. The second-order valence-electron chi connectivity index (χ2n) is 3.70. The summed E-state index contributed by atoms with van der Waals surface area (Å²) < 4.78 is 23.5. The van der Waals surface area contributed by atoms with Crippen molar-refractivity contribution in [3.63, 3.8) is 0 Å². The van der Waals surface area contributed by atoms with Gasteiger partial charge in [0.05, 0.1) is 25.5 Å². The monoisotopic (exact) mass is 336 g/mol. The topological polar surface area (TPSA) is 55.8 Å². The van der Waals surface area contributed by atoms with Crippen LogP contribution in [0.1, 0.15) is 25.5 Å². The molecule has 18 heavy (non-hydrogen) atoms. The fourth-order valence-corrected chi connectivity index (χ4v) is 3.51. The van der Waals surface area contributed by atoms with Crippen LogP contribution >= 0.6 is 23.5 Å². The Morgan fingerprint density at radius 1 is 1.22 bits per heavy atom. The molecule has 1 atom stereocenters. The molecule has 0 spiro atoms. The smallest absolute Gasteiger partial charge is 0.333 e. The highest BCUT2D eigenvalue weighted by Gasteiger charge is 2.28. The van der Waals surface area contributed by atoms with E-state index in [1.54, 1.807) is 26.0 Å². The zero-order chi connectivity index (χ0) is 13.6. The molecular formula is C12H18BrO4P. The minimum Gasteiger partial charge on any atom is -0.388 e. The van der Waals surface area contributed by atoms with Gasteiger partial charge in [-0.05, 0) is 31.5 Å². The van der Waals surface area contributed by atoms with E-state index in [1.807, 2.05) is 12.1 Å². The van der Waals surface area contributed by atoms with Gasteiger partial charge in [0.15, 0.2) is 0 Å². The lowest BCUT2D eigenvalue weighted by atomic mass is 10.1. The normalized spacial score (nSPS) is 13.6. The zero-order valence-electron chi connectivity index (χ0n) is 10.5. The van der Waals surface area contributed by atoms with E-state index in [9.17, 15) is 9.67 Å². The summed E-state index contributed by atoms with van der Waals surface area (Å²) in [4.78, 5) is 0. The molecule has 0 saturated heterocycles. The molecule has 6 heteroatoms. The highest BCUT2D eigenvalue weighted by Crippen LogP contribution is 2.50. The predicted octanol–water partition coefficient (Wildman–Crippen LogP) is 3.75. The third-order valence-corrected chi connectivity index (χ3v) is 4.93. The van der Waals surface area contributed by atoms with E-state index in [0.29, 0.717) is 18.8 Å². The molecule has 0 aliphatic carbocycles. The van der Waals surface area contributed by atoms with E-state index in [0.717, 1.165) is 4.47 Å². The molecule has 0 aromatic heterocycles. The first-order valence-electron chi connectivity index (χ1n) is 5.82. The molecule has 0 unspecified atom stereocenters. The van der Waals surface area contributed by atoms with Crippen LogP contribution in [0, 0.1) is 0 Å². The van der Waals surface area contributed by atoms with Gasteiger partial charge in [0, 0.05) is 4.47 Å². The van der Waals surface area contributed by atoms with Crippen LogP contribution < -0.4 is 0 Å². The Morgan fingerprint density at radius 3 is 2.17 bits per heavy atom. The Morgan fingerprint density at radius 2 is 1.72 bits per heavy atom. The van der Waals surface area contributed by atoms with Gasteiger partial charge in [0.25, 0.3) is 0 Å². The maximum absolute atomic E-state index is 12.3. The summed E-state index contributed by atoms with van der Waals surface area (Å²) in [6, 6.07) is 7.20. The SMILES string of the molecule is CCOP(=O)(C[C@@H](O)c1ccc(Br)cc1)OCC. The molecule has 1 N–H and O–H groups in total. The summed E-state index contributed by atoms with van der Waals surface area (Å²) in [5, 5.41) is 10.1. The first-order valence-corrected chi connectivity index (χ1v) is 8.34. The van der Waals surface area contributed by atoms with Crippen LogP contribution in [0.2, 0.25) is 0 Å². The van der Waals surface area contributed by atoms with Crippen LogP contribution in [0.4, 0.5) is 0 Å². The lowest BCUT2D eigenvalue weighted by molar-refractivity contribution is 0.170. The molecule has 0 heterocycles. The summed E-state index contributed by atoms with van der Waals surface area (Å²) in [5.74, 6) is 0. The summed E-state index contributed by atoms with van der Waals surface area (Å²) in [7, 11) is -3.21. The number of benzene rings is 1. The van der Waals surface area contributed by atoms with Gasteiger partial charge in [-0.3, -0.25) is 4.57 Å². The molecule has 0 fully saturated rings. The number of hydrogen-bond acceptors (Lipinski definition) is 4. The van der Waals surface area contributed by atoms with Gasteiger partial charge in [0.1, 0.15) is 0 Å². The molecule has 102 valence electrons. The van der Waals surface area contributed by atoms with Gasteiger partial charge in [0.2, 0.25) is 0 Å². The van der Waals surface area contributed by atoms with Crippen molar-refractivity contribution in [3.05, 3.63) is 34.3 Å². The molecule has 1 rings (SSSR count). The number of hydrogen-bond donors (Lipinski definition) is 1. The van der Waals surface area contributed by atoms with E-state index in [2.05, 4.69) is 15.9 Å². The van der Waals surface area contributed by atoms with Gasteiger partial charge in [-0.1, -0.05) is 28.1 Å². The quantitative estimate of drug-likeness (QED) is 0.770. The Kier molecular flexibility index (Phi) is 6.53. The van der Waals surface area contributed by atoms with Crippen LogP contribution in [-0.4, -0.2) is 24.5 Å². The standard InChI is InChI=1S/C12H18BrO4P/c1-3-16-18(15,17-4-2)9-12(14)10-5-7-11(13)8-6-10/h5-8,12,14H,3-4,9H2,1-2H3/t12-/m1/s1. The average molecular weight is 337 g/mol. The molecule has 4 nitrogen and oxygen atoms in total. The molecule has 0 radical (unpaired) electrons. The minimum absolute atomic E-state index is 0.0314. The summed E-state index contributed by atoms with van der Waals surface area (Å²) in [5.41, 5.74) is 0.692. The van der Waals surface area contributed by atoms with Crippen molar-refractivity contribution in [1.29, 1.82) is 0 Å². The summed E-state index contributed by atoms with van der Waals surface area (Å²) in [6.07, 6.45) is -0.891. The maximum Gasteiger partial charge on any atom is 0.333 e. The molecule has 0 aliphatic heterocycles. The Labute approximate surface area is 116 Å². The van der Waals surface area contributed by atoms with Gasteiger partial charge >= 0.3 is 7.60 Å². The lowest BCUT2D eigenvalue weighted by Gasteiger charge is -2.20. The third kappa shape index (κ3) is 4.82. The molecule has 0 amide bonds. The number of aliphatic hydroxyl groups excluding tert-OH is 1. The molecule has 0 aliphatic rings. The van der Waals surface area contributed by atoms with E-state index in [-0.39, 0.29) is 6.16 Å². The first kappa shape index (κ1) is 15.9. The number of rotatable bonds is 7. The second-order valence-corrected chi connectivity index (χ2v) is 6.72. The average Bonchev–Trinajstić information content (AvgIpc) is 2.30. The van der Waals surface area contributed by atoms with Crippen molar-refractivity contribution >= 4 is 23.5 Å². The Balaban J connectivity index is 2.74. The molecule has 1 aromatic rings. The highest BCUT2D eigenvalue weighted by atomic mass is 79.9. The predicted molar refractivity (Wildman–Crippen MR) is 74.8 cm³/mol. The molecular weight excluding hydrogens is 319 g/mol. The lowest BCUT2D eigenvalue weighted by Crippen LogP contribution is -2.08. The van der Waals surface area contributed by atoms with Gasteiger partial charge in [-0.25, -0.2) is 0 Å². The van der Waals surface area contributed by atoms with Gasteiger partial charge in [-0.2, -0.15) is 0 Å². The zero-order valence-corrected chi connectivity index (χ0v) is 13.0. The van der Waals surface area contributed by atoms with Crippen molar-refractivity contribution in [1.82, 2.24) is 0 Å². The van der Waals surface area contributed by atoms with Crippen molar-refractivity contribution < 1.29 is 18.7 Å². The van der Waals surface area contributed by atoms with E-state index in [4.69, 9.17) is 9.05 Å². The molecule has 1 aromatic carbocycles. The number of halogens is 1. The van der Waals surface area contributed by atoms with Crippen molar-refractivity contribution in [2.45, 2.75) is 20.0 Å². The fourth-order valence-electron chi connectivity index (χ4n) is 1.54. The summed E-state index contributed by atoms with van der Waals surface area (Å²) >= 11 is 3.32. The van der Waals surface area contributed by atoms with Crippen molar-refractivity contribution in [3.8, 4) is 0 Å². The first-order chi connectivity index (χ1) is 8.50. The van der Waals surface area contributed by atoms with Crippen LogP contribution in [0.5, 0.6) is 0 Å². The summed E-state index contributed by atoms with van der Waals surface area (Å²) in [6.45, 7) is 4.09. The Hall–Kier alpha value is -0.190. The Bertz CT molecular complexity index is 397. The van der Waals surface area contributed by atoms with Gasteiger partial charge < -0.3 is 14.2 Å². The highest BCUT2D eigenvalue weighted by molar-refractivity contribution is 9.10. The van der Waals surface area contributed by atoms with Crippen LogP contribution in [0.3, 0.4) is 0 Å². The maximum atomic E-state index is 12.3. The number of aliphatic hydroxyl groups is 1. The molecule has 0 saturated carbocycles. The minimum atomic E-state index is -3.21. The van der Waals surface area contributed by atoms with Gasteiger partial charge in [-0.15, -0.1) is 0 Å². The van der Waals surface area contributed by atoms with E-state index >= 15 is 0 Å².